The van der Waals surface area contributed by atoms with E-state index < -0.39 is 0 Å². The first-order valence-corrected chi connectivity index (χ1v) is 8.71. The van der Waals surface area contributed by atoms with E-state index in [2.05, 4.69) is 19.2 Å². The Morgan fingerprint density at radius 3 is 2.43 bits per heavy atom. The van der Waals surface area contributed by atoms with Gasteiger partial charge in [0.15, 0.2) is 0 Å². The zero-order chi connectivity index (χ0) is 17.0. The summed E-state index contributed by atoms with van der Waals surface area (Å²) in [5.74, 6) is -0.334. The molecule has 0 spiro atoms. The van der Waals surface area contributed by atoms with Gasteiger partial charge in [0, 0.05) is 23.8 Å². The van der Waals surface area contributed by atoms with Crippen LogP contribution < -0.4 is 5.32 Å². The minimum absolute atomic E-state index is 0.0868. The van der Waals surface area contributed by atoms with Crippen LogP contribution in [0.5, 0.6) is 0 Å². The third-order valence-corrected chi connectivity index (χ3v) is 4.59. The Bertz CT molecular complexity index is 582. The molecule has 0 saturated heterocycles. The number of hydrogen-bond acceptors (Lipinski definition) is 2. The smallest absolute Gasteiger partial charge is 0.228 e. The quantitative estimate of drug-likeness (QED) is 0.821. The van der Waals surface area contributed by atoms with Crippen molar-refractivity contribution in [3.8, 4) is 0 Å². The lowest BCUT2D eigenvalue weighted by Crippen LogP contribution is -2.34. The van der Waals surface area contributed by atoms with Gasteiger partial charge in [-0.1, -0.05) is 31.5 Å². The van der Waals surface area contributed by atoms with Gasteiger partial charge in [-0.3, -0.25) is 9.59 Å². The number of anilines is 1. The fourth-order valence-electron chi connectivity index (χ4n) is 2.77. The van der Waals surface area contributed by atoms with Crippen molar-refractivity contribution in [1.29, 1.82) is 0 Å². The Morgan fingerprint density at radius 1 is 1.22 bits per heavy atom. The standard InChI is InChI=1S/C18H25ClN2O2/c1-4-8-21(9-5-2)18(23)15-11-14(15)17(22)20-13-7-6-12(3)16(19)10-13/h6-7,10,14-15H,4-5,8-9,11H2,1-3H3,(H,20,22). The van der Waals surface area contributed by atoms with E-state index in [1.54, 1.807) is 6.07 Å². The first-order valence-electron chi connectivity index (χ1n) is 8.33. The molecule has 1 aromatic rings. The van der Waals surface area contributed by atoms with Crippen LogP contribution in [-0.4, -0.2) is 29.8 Å². The molecule has 0 radical (unpaired) electrons. The second-order valence-corrected chi connectivity index (χ2v) is 6.63. The molecule has 1 aliphatic carbocycles. The molecule has 5 heteroatoms. The van der Waals surface area contributed by atoms with Crippen LogP contribution in [0, 0.1) is 18.8 Å². The van der Waals surface area contributed by atoms with Crippen LogP contribution in [0.25, 0.3) is 0 Å². The summed E-state index contributed by atoms with van der Waals surface area (Å²) in [5.41, 5.74) is 1.65. The van der Waals surface area contributed by atoms with Gasteiger partial charge in [0.2, 0.25) is 11.8 Å². The van der Waals surface area contributed by atoms with E-state index in [4.69, 9.17) is 11.6 Å². The summed E-state index contributed by atoms with van der Waals surface area (Å²) in [6.07, 6.45) is 2.53. The number of rotatable bonds is 7. The highest BCUT2D eigenvalue weighted by Gasteiger charge is 2.49. The van der Waals surface area contributed by atoms with Gasteiger partial charge >= 0.3 is 0 Å². The predicted octanol–water partition coefficient (Wildman–Crippen LogP) is 3.87. The Labute approximate surface area is 143 Å². The summed E-state index contributed by atoms with van der Waals surface area (Å²) in [4.78, 5) is 26.7. The highest BCUT2D eigenvalue weighted by Crippen LogP contribution is 2.41. The maximum atomic E-state index is 12.5. The fraction of sp³-hybridized carbons (Fsp3) is 0.556. The Hall–Kier alpha value is -1.55. The molecule has 0 aromatic heterocycles. The van der Waals surface area contributed by atoms with Crippen molar-refractivity contribution < 1.29 is 9.59 Å². The number of carbonyl (C=O) groups is 2. The number of nitrogens with zero attached hydrogens (tertiary/aromatic N) is 1. The minimum atomic E-state index is -0.209. The first kappa shape index (κ1) is 17.8. The van der Waals surface area contributed by atoms with Crippen molar-refractivity contribution >= 4 is 29.1 Å². The normalized spacial score (nSPS) is 19.3. The van der Waals surface area contributed by atoms with Gasteiger partial charge in [0.1, 0.15) is 0 Å². The summed E-state index contributed by atoms with van der Waals surface area (Å²) in [6, 6.07) is 5.45. The predicted molar refractivity (Wildman–Crippen MR) is 93.6 cm³/mol. The van der Waals surface area contributed by atoms with E-state index in [-0.39, 0.29) is 23.7 Å². The van der Waals surface area contributed by atoms with Crippen molar-refractivity contribution in [2.24, 2.45) is 11.8 Å². The van der Waals surface area contributed by atoms with Crippen LogP contribution in [0.15, 0.2) is 18.2 Å². The Kier molecular flexibility index (Phi) is 6.05. The molecule has 1 N–H and O–H groups in total. The molecule has 1 aromatic carbocycles. The van der Waals surface area contributed by atoms with Gasteiger partial charge in [-0.2, -0.15) is 0 Å². The molecule has 0 heterocycles. The summed E-state index contributed by atoms with van der Waals surface area (Å²) in [6.45, 7) is 7.58. The SMILES string of the molecule is CCCN(CCC)C(=O)C1CC1C(=O)Nc1ccc(C)c(Cl)c1. The molecular weight excluding hydrogens is 312 g/mol. The molecule has 2 rings (SSSR count). The van der Waals surface area contributed by atoms with Gasteiger partial charge in [-0.25, -0.2) is 0 Å². The van der Waals surface area contributed by atoms with E-state index in [1.165, 1.54) is 0 Å². The average Bonchev–Trinajstić information content (AvgIpc) is 3.31. The van der Waals surface area contributed by atoms with Crippen molar-refractivity contribution in [2.75, 3.05) is 18.4 Å². The largest absolute Gasteiger partial charge is 0.342 e. The number of benzene rings is 1. The minimum Gasteiger partial charge on any atom is -0.342 e. The van der Waals surface area contributed by atoms with E-state index >= 15 is 0 Å². The van der Waals surface area contributed by atoms with Gasteiger partial charge < -0.3 is 10.2 Å². The molecule has 2 unspecified atom stereocenters. The van der Waals surface area contributed by atoms with Crippen LogP contribution >= 0.6 is 11.6 Å². The molecule has 0 bridgehead atoms. The molecule has 126 valence electrons. The molecule has 1 saturated carbocycles. The third kappa shape index (κ3) is 4.47. The van der Waals surface area contributed by atoms with Gasteiger partial charge in [-0.05, 0) is 43.9 Å². The van der Waals surface area contributed by atoms with Crippen molar-refractivity contribution in [2.45, 2.75) is 40.0 Å². The summed E-state index contributed by atoms with van der Waals surface area (Å²) >= 11 is 6.07. The molecule has 4 nitrogen and oxygen atoms in total. The van der Waals surface area contributed by atoms with Crippen LogP contribution in [0.1, 0.15) is 38.7 Å². The second-order valence-electron chi connectivity index (χ2n) is 6.23. The number of amides is 2. The summed E-state index contributed by atoms with van der Waals surface area (Å²) in [5, 5.41) is 3.49. The number of halogens is 1. The van der Waals surface area contributed by atoms with Crippen LogP contribution in [0.3, 0.4) is 0 Å². The average molecular weight is 337 g/mol. The molecule has 1 fully saturated rings. The number of hydrogen-bond donors (Lipinski definition) is 1. The topological polar surface area (TPSA) is 49.4 Å². The van der Waals surface area contributed by atoms with Crippen LogP contribution in [-0.2, 0) is 9.59 Å². The lowest BCUT2D eigenvalue weighted by Gasteiger charge is -2.21. The van der Waals surface area contributed by atoms with Crippen molar-refractivity contribution in [1.82, 2.24) is 4.90 Å². The lowest BCUT2D eigenvalue weighted by atomic mass is 10.2. The maximum absolute atomic E-state index is 12.5. The molecule has 2 atom stereocenters. The Morgan fingerprint density at radius 2 is 1.87 bits per heavy atom. The first-order chi connectivity index (χ1) is 11.0. The van der Waals surface area contributed by atoms with Gasteiger partial charge in [0.25, 0.3) is 0 Å². The number of carbonyl (C=O) groups excluding carboxylic acids is 2. The maximum Gasteiger partial charge on any atom is 0.228 e. The lowest BCUT2D eigenvalue weighted by molar-refractivity contribution is -0.134. The monoisotopic (exact) mass is 336 g/mol. The van der Waals surface area contributed by atoms with Gasteiger partial charge in [0.05, 0.1) is 11.8 Å². The molecular formula is C18H25ClN2O2. The molecule has 1 aliphatic rings. The second kappa shape index (κ2) is 7.82. The molecule has 23 heavy (non-hydrogen) atoms. The van der Waals surface area contributed by atoms with Crippen molar-refractivity contribution in [3.63, 3.8) is 0 Å². The van der Waals surface area contributed by atoms with E-state index in [0.29, 0.717) is 17.1 Å². The number of nitrogens with one attached hydrogen (secondary N) is 1. The van der Waals surface area contributed by atoms with Crippen LogP contribution in [0.4, 0.5) is 5.69 Å². The molecule has 0 aliphatic heterocycles. The number of aryl methyl sites for hydroxylation is 1. The van der Waals surface area contributed by atoms with Gasteiger partial charge in [-0.15, -0.1) is 0 Å². The molecule has 2 amide bonds. The fourth-order valence-corrected chi connectivity index (χ4v) is 2.95. The third-order valence-electron chi connectivity index (χ3n) is 4.18. The zero-order valence-corrected chi connectivity index (χ0v) is 14.8. The van der Waals surface area contributed by atoms with Crippen LogP contribution in [0.2, 0.25) is 5.02 Å². The van der Waals surface area contributed by atoms with E-state index in [0.717, 1.165) is 31.5 Å². The zero-order valence-electron chi connectivity index (χ0n) is 14.1. The van der Waals surface area contributed by atoms with E-state index in [9.17, 15) is 9.59 Å². The summed E-state index contributed by atoms with van der Waals surface area (Å²) in [7, 11) is 0. The highest BCUT2D eigenvalue weighted by atomic mass is 35.5. The summed E-state index contributed by atoms with van der Waals surface area (Å²) < 4.78 is 0. The van der Waals surface area contributed by atoms with E-state index in [1.807, 2.05) is 24.0 Å². The van der Waals surface area contributed by atoms with Crippen molar-refractivity contribution in [3.05, 3.63) is 28.8 Å². The highest BCUT2D eigenvalue weighted by molar-refractivity contribution is 6.31. The Balaban J connectivity index is 1.92.